The molecule has 0 spiro atoms. The van der Waals surface area contributed by atoms with E-state index in [1.165, 1.54) is 11.8 Å². The van der Waals surface area contributed by atoms with Crippen molar-refractivity contribution in [3.05, 3.63) is 53.6 Å². The Labute approximate surface area is 120 Å². The third kappa shape index (κ3) is 4.19. The van der Waals surface area contributed by atoms with Crippen molar-refractivity contribution in [2.45, 2.75) is 4.90 Å². The summed E-state index contributed by atoms with van der Waals surface area (Å²) in [6.07, 6.45) is 0. The van der Waals surface area contributed by atoms with Crippen LogP contribution >= 0.6 is 23.4 Å². The number of rotatable bonds is 4. The number of carbonyl (C=O) groups excluding carboxylic acids is 1. The van der Waals surface area contributed by atoms with E-state index in [1.54, 1.807) is 36.4 Å². The zero-order valence-electron chi connectivity index (χ0n) is 9.97. The number of benzene rings is 2. The molecule has 0 aliphatic heterocycles. The minimum Gasteiger partial charge on any atom is -0.508 e. The maximum Gasteiger partial charge on any atom is 0.234 e. The van der Waals surface area contributed by atoms with Gasteiger partial charge in [0.25, 0.3) is 0 Å². The summed E-state index contributed by atoms with van der Waals surface area (Å²) in [5.74, 6) is 0.381. The molecule has 0 aromatic heterocycles. The lowest BCUT2D eigenvalue weighted by atomic mass is 10.3. The number of nitrogens with one attached hydrogen (secondary N) is 1. The Morgan fingerprint density at radius 3 is 2.53 bits per heavy atom. The molecule has 19 heavy (non-hydrogen) atoms. The topological polar surface area (TPSA) is 49.3 Å². The molecular weight excluding hydrogens is 282 g/mol. The molecule has 0 atom stereocenters. The number of anilines is 1. The van der Waals surface area contributed by atoms with Gasteiger partial charge in [0, 0.05) is 4.90 Å². The highest BCUT2D eigenvalue weighted by Gasteiger charge is 2.06. The largest absolute Gasteiger partial charge is 0.508 e. The van der Waals surface area contributed by atoms with E-state index >= 15 is 0 Å². The molecule has 1 amide bonds. The Morgan fingerprint density at radius 2 is 1.84 bits per heavy atom. The number of thioether (sulfide) groups is 1. The molecule has 0 aliphatic carbocycles. The molecule has 5 heteroatoms. The minimum absolute atomic E-state index is 0.119. The number of aromatic hydroxyl groups is 1. The average molecular weight is 294 g/mol. The van der Waals surface area contributed by atoms with Crippen molar-refractivity contribution < 1.29 is 9.90 Å². The van der Waals surface area contributed by atoms with Gasteiger partial charge in [0.2, 0.25) is 5.91 Å². The predicted octanol–water partition coefficient (Wildman–Crippen LogP) is 3.78. The van der Waals surface area contributed by atoms with Crippen LogP contribution in [-0.4, -0.2) is 16.8 Å². The third-order valence-corrected chi connectivity index (χ3v) is 3.70. The molecule has 2 aromatic rings. The van der Waals surface area contributed by atoms with Crippen molar-refractivity contribution in [2.75, 3.05) is 11.1 Å². The summed E-state index contributed by atoms with van der Waals surface area (Å²) in [6, 6.07) is 13.8. The van der Waals surface area contributed by atoms with E-state index in [1.807, 2.05) is 12.1 Å². The number of amides is 1. The Hall–Kier alpha value is -1.65. The standard InChI is InChI=1S/C14H12ClNO2S/c15-12-3-1-2-4-13(12)16-14(18)9-19-11-7-5-10(17)6-8-11/h1-8,17H,9H2,(H,16,18). The van der Waals surface area contributed by atoms with Crippen LogP contribution in [0.2, 0.25) is 5.02 Å². The van der Waals surface area contributed by atoms with Crippen LogP contribution in [0.5, 0.6) is 5.75 Å². The number of hydrogen-bond acceptors (Lipinski definition) is 3. The fraction of sp³-hybridized carbons (Fsp3) is 0.0714. The maximum absolute atomic E-state index is 11.8. The van der Waals surface area contributed by atoms with Crippen LogP contribution in [0.1, 0.15) is 0 Å². The molecule has 0 saturated heterocycles. The molecule has 3 nitrogen and oxygen atoms in total. The van der Waals surface area contributed by atoms with Crippen molar-refractivity contribution in [3.63, 3.8) is 0 Å². The molecule has 0 saturated carbocycles. The molecule has 2 aromatic carbocycles. The van der Waals surface area contributed by atoms with E-state index in [0.717, 1.165) is 4.90 Å². The quantitative estimate of drug-likeness (QED) is 0.844. The highest BCUT2D eigenvalue weighted by Crippen LogP contribution is 2.23. The van der Waals surface area contributed by atoms with Crippen LogP contribution in [0.25, 0.3) is 0 Å². The first-order chi connectivity index (χ1) is 9.15. The van der Waals surface area contributed by atoms with E-state index in [9.17, 15) is 4.79 Å². The summed E-state index contributed by atoms with van der Waals surface area (Å²) in [5.41, 5.74) is 0.612. The number of halogens is 1. The summed E-state index contributed by atoms with van der Waals surface area (Å²) in [6.45, 7) is 0. The molecule has 98 valence electrons. The van der Waals surface area contributed by atoms with Crippen LogP contribution in [-0.2, 0) is 4.79 Å². The average Bonchev–Trinajstić information content (AvgIpc) is 2.41. The second-order valence-electron chi connectivity index (χ2n) is 3.81. The summed E-state index contributed by atoms with van der Waals surface area (Å²) < 4.78 is 0. The molecular formula is C14H12ClNO2S. The first kappa shape index (κ1) is 13.8. The Balaban J connectivity index is 1.88. The zero-order valence-corrected chi connectivity index (χ0v) is 11.5. The highest BCUT2D eigenvalue weighted by molar-refractivity contribution is 8.00. The molecule has 0 radical (unpaired) electrons. The van der Waals surface area contributed by atoms with Gasteiger partial charge in [-0.25, -0.2) is 0 Å². The summed E-state index contributed by atoms with van der Waals surface area (Å²) >= 11 is 7.35. The predicted molar refractivity (Wildman–Crippen MR) is 78.9 cm³/mol. The number of carbonyl (C=O) groups is 1. The lowest BCUT2D eigenvalue weighted by Crippen LogP contribution is -2.14. The summed E-state index contributed by atoms with van der Waals surface area (Å²) in [4.78, 5) is 12.7. The van der Waals surface area contributed by atoms with E-state index < -0.39 is 0 Å². The monoisotopic (exact) mass is 293 g/mol. The van der Waals surface area contributed by atoms with Crippen LogP contribution in [0.4, 0.5) is 5.69 Å². The van der Waals surface area contributed by atoms with Gasteiger partial charge in [0.1, 0.15) is 5.75 Å². The summed E-state index contributed by atoms with van der Waals surface area (Å²) in [7, 11) is 0. The van der Waals surface area contributed by atoms with Crippen molar-refractivity contribution in [2.24, 2.45) is 0 Å². The molecule has 2 N–H and O–H groups in total. The fourth-order valence-corrected chi connectivity index (χ4v) is 2.32. The third-order valence-electron chi connectivity index (χ3n) is 2.35. The van der Waals surface area contributed by atoms with Gasteiger partial charge in [-0.2, -0.15) is 0 Å². The van der Waals surface area contributed by atoms with Gasteiger partial charge >= 0.3 is 0 Å². The molecule has 2 rings (SSSR count). The second kappa shape index (κ2) is 6.50. The van der Waals surface area contributed by atoms with Gasteiger partial charge in [-0.1, -0.05) is 23.7 Å². The van der Waals surface area contributed by atoms with Gasteiger partial charge in [-0.3, -0.25) is 4.79 Å². The van der Waals surface area contributed by atoms with E-state index in [2.05, 4.69) is 5.32 Å². The minimum atomic E-state index is -0.119. The van der Waals surface area contributed by atoms with Crippen molar-refractivity contribution >= 4 is 35.0 Å². The maximum atomic E-state index is 11.8. The Kier molecular flexibility index (Phi) is 4.71. The SMILES string of the molecule is O=C(CSc1ccc(O)cc1)Nc1ccccc1Cl. The van der Waals surface area contributed by atoms with Gasteiger partial charge in [-0.05, 0) is 36.4 Å². The van der Waals surface area contributed by atoms with E-state index in [4.69, 9.17) is 16.7 Å². The summed E-state index contributed by atoms with van der Waals surface area (Å²) in [5, 5.41) is 12.4. The Bertz CT molecular complexity index is 572. The zero-order chi connectivity index (χ0) is 13.7. The van der Waals surface area contributed by atoms with Crippen molar-refractivity contribution in [1.29, 1.82) is 0 Å². The number of para-hydroxylation sites is 1. The lowest BCUT2D eigenvalue weighted by molar-refractivity contribution is -0.113. The fourth-order valence-electron chi connectivity index (χ4n) is 1.44. The molecule has 0 bridgehead atoms. The van der Waals surface area contributed by atoms with Gasteiger partial charge in [-0.15, -0.1) is 11.8 Å². The van der Waals surface area contributed by atoms with Crippen LogP contribution in [0.3, 0.4) is 0 Å². The normalized spacial score (nSPS) is 10.2. The molecule has 0 heterocycles. The van der Waals surface area contributed by atoms with E-state index in [0.29, 0.717) is 10.7 Å². The number of phenols is 1. The second-order valence-corrected chi connectivity index (χ2v) is 5.27. The Morgan fingerprint density at radius 1 is 1.16 bits per heavy atom. The molecule has 0 aliphatic rings. The first-order valence-electron chi connectivity index (χ1n) is 5.61. The van der Waals surface area contributed by atoms with Gasteiger partial charge < -0.3 is 10.4 Å². The van der Waals surface area contributed by atoms with Crippen LogP contribution in [0.15, 0.2) is 53.4 Å². The van der Waals surface area contributed by atoms with Crippen LogP contribution in [0, 0.1) is 0 Å². The van der Waals surface area contributed by atoms with E-state index in [-0.39, 0.29) is 17.4 Å². The number of hydrogen-bond donors (Lipinski definition) is 2. The highest BCUT2D eigenvalue weighted by atomic mass is 35.5. The first-order valence-corrected chi connectivity index (χ1v) is 6.98. The number of phenolic OH excluding ortho intramolecular Hbond substituents is 1. The van der Waals surface area contributed by atoms with Crippen molar-refractivity contribution in [1.82, 2.24) is 0 Å². The smallest absolute Gasteiger partial charge is 0.234 e. The van der Waals surface area contributed by atoms with Crippen molar-refractivity contribution in [3.8, 4) is 5.75 Å². The molecule has 0 unspecified atom stereocenters. The van der Waals surface area contributed by atoms with Gasteiger partial charge in [0.15, 0.2) is 0 Å². The van der Waals surface area contributed by atoms with Crippen LogP contribution < -0.4 is 5.32 Å². The lowest BCUT2D eigenvalue weighted by Gasteiger charge is -2.06. The molecule has 0 fully saturated rings. The van der Waals surface area contributed by atoms with Gasteiger partial charge in [0.05, 0.1) is 16.5 Å².